The van der Waals surface area contributed by atoms with Crippen LogP contribution in [0.5, 0.6) is 11.5 Å². The molecule has 2 rings (SSSR count). The normalized spacial score (nSPS) is 10.2. The number of rotatable bonds is 3. The third-order valence-electron chi connectivity index (χ3n) is 2.31. The summed E-state index contributed by atoms with van der Waals surface area (Å²) in [7, 11) is 0. The zero-order valence-electron chi connectivity index (χ0n) is 9.61. The second-order valence-corrected chi connectivity index (χ2v) is 3.79. The molecule has 0 aliphatic carbocycles. The summed E-state index contributed by atoms with van der Waals surface area (Å²) < 4.78 is 31.2. The van der Waals surface area contributed by atoms with Gasteiger partial charge in [-0.15, -0.1) is 0 Å². The quantitative estimate of drug-likeness (QED) is 0.768. The number of Topliss-reactive ketones (excluding diaryl/α,β-unsaturated/α-hetero) is 1. The zero-order valence-corrected chi connectivity index (χ0v) is 9.61. The molecule has 18 heavy (non-hydrogen) atoms. The first kappa shape index (κ1) is 12.2. The Balaban J connectivity index is 2.28. The molecule has 2 nitrogen and oxygen atoms in total. The lowest BCUT2D eigenvalue weighted by Gasteiger charge is -2.07. The van der Waals surface area contributed by atoms with Crippen LogP contribution in [0.4, 0.5) is 8.78 Å². The van der Waals surface area contributed by atoms with Gasteiger partial charge in [0.2, 0.25) is 0 Å². The summed E-state index contributed by atoms with van der Waals surface area (Å²) in [6.45, 7) is 1.43. The molecule has 0 saturated heterocycles. The van der Waals surface area contributed by atoms with Crippen molar-refractivity contribution in [3.05, 3.63) is 59.7 Å². The van der Waals surface area contributed by atoms with Crippen molar-refractivity contribution in [1.29, 1.82) is 0 Å². The van der Waals surface area contributed by atoms with Crippen LogP contribution in [0.15, 0.2) is 42.5 Å². The van der Waals surface area contributed by atoms with Crippen LogP contribution in [-0.4, -0.2) is 5.78 Å². The van der Waals surface area contributed by atoms with Crippen molar-refractivity contribution in [1.82, 2.24) is 0 Å². The van der Waals surface area contributed by atoms with Gasteiger partial charge in [-0.3, -0.25) is 4.79 Å². The fraction of sp³-hybridized carbons (Fsp3) is 0.0714. The van der Waals surface area contributed by atoms with Gasteiger partial charge >= 0.3 is 0 Å². The van der Waals surface area contributed by atoms with Crippen molar-refractivity contribution in [2.75, 3.05) is 0 Å². The molecule has 0 radical (unpaired) electrons. The molecule has 0 fully saturated rings. The van der Waals surface area contributed by atoms with Crippen LogP contribution in [0.1, 0.15) is 17.3 Å². The minimum absolute atomic E-state index is 0.0493. The van der Waals surface area contributed by atoms with Crippen LogP contribution < -0.4 is 4.74 Å². The predicted molar refractivity (Wildman–Crippen MR) is 62.9 cm³/mol. The maximum atomic E-state index is 13.0. The van der Waals surface area contributed by atoms with E-state index in [4.69, 9.17) is 4.74 Å². The van der Waals surface area contributed by atoms with Crippen molar-refractivity contribution >= 4 is 5.78 Å². The van der Waals surface area contributed by atoms with Crippen molar-refractivity contribution in [3.63, 3.8) is 0 Å². The van der Waals surface area contributed by atoms with Crippen LogP contribution >= 0.6 is 0 Å². The van der Waals surface area contributed by atoms with Gasteiger partial charge in [0.25, 0.3) is 0 Å². The first-order chi connectivity index (χ1) is 8.54. The summed E-state index contributed by atoms with van der Waals surface area (Å²) in [5.74, 6) is -1.13. The Hall–Kier alpha value is -2.23. The second kappa shape index (κ2) is 4.96. The lowest BCUT2D eigenvalue weighted by Crippen LogP contribution is -1.93. The average molecular weight is 248 g/mol. The van der Waals surface area contributed by atoms with Crippen LogP contribution in [0, 0.1) is 11.6 Å². The van der Waals surface area contributed by atoms with E-state index in [9.17, 15) is 13.6 Å². The van der Waals surface area contributed by atoms with Gasteiger partial charge in [0.15, 0.2) is 5.78 Å². The highest BCUT2D eigenvalue weighted by Gasteiger charge is 2.05. The van der Waals surface area contributed by atoms with E-state index >= 15 is 0 Å². The van der Waals surface area contributed by atoms with E-state index < -0.39 is 11.6 Å². The van der Waals surface area contributed by atoms with Gasteiger partial charge in [-0.2, -0.15) is 0 Å². The van der Waals surface area contributed by atoms with E-state index in [1.165, 1.54) is 13.0 Å². The lowest BCUT2D eigenvalue weighted by atomic mass is 10.1. The van der Waals surface area contributed by atoms with Gasteiger partial charge in [-0.25, -0.2) is 8.78 Å². The van der Waals surface area contributed by atoms with Gasteiger partial charge in [0, 0.05) is 23.8 Å². The Bertz CT molecular complexity index is 574. The molecule has 0 heterocycles. The summed E-state index contributed by atoms with van der Waals surface area (Å²) in [6.07, 6.45) is 0. The molecular formula is C14H10F2O2. The summed E-state index contributed by atoms with van der Waals surface area (Å²) >= 11 is 0. The molecule has 0 unspecified atom stereocenters. The first-order valence-electron chi connectivity index (χ1n) is 5.29. The molecule has 2 aromatic rings. The fourth-order valence-corrected chi connectivity index (χ4v) is 1.50. The summed E-state index contributed by atoms with van der Waals surface area (Å²) in [5.41, 5.74) is 0.476. The molecular weight excluding hydrogens is 238 g/mol. The topological polar surface area (TPSA) is 26.3 Å². The highest BCUT2D eigenvalue weighted by atomic mass is 19.1. The Morgan fingerprint density at radius 1 is 1.00 bits per heavy atom. The van der Waals surface area contributed by atoms with Crippen LogP contribution in [0.25, 0.3) is 0 Å². The van der Waals surface area contributed by atoms with Crippen LogP contribution in [-0.2, 0) is 0 Å². The molecule has 0 aromatic heterocycles. The van der Waals surface area contributed by atoms with E-state index in [0.717, 1.165) is 18.2 Å². The van der Waals surface area contributed by atoms with Crippen molar-refractivity contribution in [2.45, 2.75) is 6.92 Å². The lowest BCUT2D eigenvalue weighted by molar-refractivity contribution is 0.101. The number of hydrogen-bond acceptors (Lipinski definition) is 2. The fourth-order valence-electron chi connectivity index (χ4n) is 1.50. The zero-order chi connectivity index (χ0) is 13.1. The average Bonchev–Trinajstić information content (AvgIpc) is 2.27. The van der Waals surface area contributed by atoms with Gasteiger partial charge in [0.05, 0.1) is 0 Å². The second-order valence-electron chi connectivity index (χ2n) is 3.79. The third-order valence-corrected chi connectivity index (χ3v) is 2.31. The molecule has 2 aromatic carbocycles. The molecule has 0 aliphatic rings. The van der Waals surface area contributed by atoms with Gasteiger partial charge in [-0.1, -0.05) is 12.1 Å². The van der Waals surface area contributed by atoms with Crippen LogP contribution in [0.3, 0.4) is 0 Å². The molecule has 0 saturated carbocycles. The summed E-state index contributed by atoms with van der Waals surface area (Å²) in [5, 5.41) is 0. The summed E-state index contributed by atoms with van der Waals surface area (Å²) in [6, 6.07) is 9.31. The number of carbonyl (C=O) groups is 1. The molecule has 0 aliphatic heterocycles. The number of hydrogen-bond donors (Lipinski definition) is 0. The SMILES string of the molecule is CC(=O)c1cccc(Oc2cc(F)cc(F)c2)c1. The highest BCUT2D eigenvalue weighted by molar-refractivity contribution is 5.94. The van der Waals surface area contributed by atoms with E-state index in [0.29, 0.717) is 11.3 Å². The third kappa shape index (κ3) is 2.91. The largest absolute Gasteiger partial charge is 0.457 e. The monoisotopic (exact) mass is 248 g/mol. The molecule has 0 atom stereocenters. The van der Waals surface area contributed by atoms with E-state index in [-0.39, 0.29) is 11.5 Å². The molecule has 0 amide bonds. The molecule has 4 heteroatoms. The number of ether oxygens (including phenoxy) is 1. The number of ketones is 1. The maximum absolute atomic E-state index is 13.0. The minimum Gasteiger partial charge on any atom is -0.457 e. The number of benzene rings is 2. The number of carbonyl (C=O) groups excluding carboxylic acids is 1. The Morgan fingerprint density at radius 3 is 2.28 bits per heavy atom. The molecule has 92 valence electrons. The van der Waals surface area contributed by atoms with E-state index in [2.05, 4.69) is 0 Å². The number of halogens is 2. The highest BCUT2D eigenvalue weighted by Crippen LogP contribution is 2.24. The summed E-state index contributed by atoms with van der Waals surface area (Å²) in [4.78, 5) is 11.2. The van der Waals surface area contributed by atoms with E-state index in [1.807, 2.05) is 0 Å². The van der Waals surface area contributed by atoms with Gasteiger partial charge in [-0.05, 0) is 19.1 Å². The Labute approximate surface area is 103 Å². The van der Waals surface area contributed by atoms with Crippen LogP contribution in [0.2, 0.25) is 0 Å². The Kier molecular flexibility index (Phi) is 3.37. The molecule has 0 spiro atoms. The van der Waals surface area contributed by atoms with Gasteiger partial charge in [0.1, 0.15) is 23.1 Å². The van der Waals surface area contributed by atoms with Crippen molar-refractivity contribution < 1.29 is 18.3 Å². The van der Waals surface area contributed by atoms with E-state index in [1.54, 1.807) is 18.2 Å². The smallest absolute Gasteiger partial charge is 0.159 e. The Morgan fingerprint density at radius 2 is 1.67 bits per heavy atom. The van der Waals surface area contributed by atoms with Crippen molar-refractivity contribution in [3.8, 4) is 11.5 Å². The maximum Gasteiger partial charge on any atom is 0.159 e. The first-order valence-corrected chi connectivity index (χ1v) is 5.29. The predicted octanol–water partition coefficient (Wildman–Crippen LogP) is 3.96. The standard InChI is InChI=1S/C14H10F2O2/c1-9(17)10-3-2-4-13(5-10)18-14-7-11(15)6-12(16)8-14/h2-8H,1H3. The van der Waals surface area contributed by atoms with Gasteiger partial charge < -0.3 is 4.74 Å². The molecule has 0 N–H and O–H groups in total. The molecule has 0 bridgehead atoms. The minimum atomic E-state index is -0.715. The van der Waals surface area contributed by atoms with Crippen molar-refractivity contribution in [2.24, 2.45) is 0 Å².